The van der Waals surface area contributed by atoms with Crippen molar-refractivity contribution in [2.75, 3.05) is 0 Å². The molecule has 0 bridgehead atoms. The molecule has 0 aliphatic heterocycles. The zero-order chi connectivity index (χ0) is 14.5. The third-order valence-corrected chi connectivity index (χ3v) is 3.82. The highest BCUT2D eigenvalue weighted by atomic mass is 35.5. The summed E-state index contributed by atoms with van der Waals surface area (Å²) in [5.41, 5.74) is 4.40. The second-order valence-electron chi connectivity index (χ2n) is 4.92. The number of hydrogen-bond acceptors (Lipinski definition) is 1. The van der Waals surface area contributed by atoms with Crippen molar-refractivity contribution in [2.45, 2.75) is 33.1 Å². The Kier molecular flexibility index (Phi) is 4.97. The van der Waals surface area contributed by atoms with Gasteiger partial charge in [0.1, 0.15) is 0 Å². The molecular weight excluding hydrogens is 268 g/mol. The Balaban J connectivity index is 2.18. The maximum absolute atomic E-state index is 12.3. The van der Waals surface area contributed by atoms with Crippen molar-refractivity contribution in [1.82, 2.24) is 0 Å². The van der Waals surface area contributed by atoms with E-state index in [-0.39, 0.29) is 5.78 Å². The van der Waals surface area contributed by atoms with Gasteiger partial charge in [0.2, 0.25) is 0 Å². The Morgan fingerprint density at radius 1 is 0.950 bits per heavy atom. The number of hydrogen-bond donors (Lipinski definition) is 0. The third kappa shape index (κ3) is 3.49. The molecule has 2 heteroatoms. The molecule has 0 spiro atoms. The molecule has 0 aromatic heterocycles. The SMILES string of the molecule is CCc1ccc(C(=O)Cc2ccc(Cl)cc2)cc1CC. The normalized spacial score (nSPS) is 10.6. The van der Waals surface area contributed by atoms with Gasteiger partial charge in [0.25, 0.3) is 0 Å². The lowest BCUT2D eigenvalue weighted by atomic mass is 9.96. The quantitative estimate of drug-likeness (QED) is 0.715. The van der Waals surface area contributed by atoms with Gasteiger partial charge in [-0.05, 0) is 47.7 Å². The molecule has 0 N–H and O–H groups in total. The van der Waals surface area contributed by atoms with Gasteiger partial charge < -0.3 is 0 Å². The summed E-state index contributed by atoms with van der Waals surface area (Å²) in [6.45, 7) is 4.27. The van der Waals surface area contributed by atoms with Gasteiger partial charge in [-0.1, -0.05) is 49.7 Å². The van der Waals surface area contributed by atoms with Crippen LogP contribution < -0.4 is 0 Å². The van der Waals surface area contributed by atoms with Gasteiger partial charge in [0, 0.05) is 17.0 Å². The summed E-state index contributed by atoms with van der Waals surface area (Å²) >= 11 is 5.85. The van der Waals surface area contributed by atoms with Gasteiger partial charge in [-0.2, -0.15) is 0 Å². The predicted molar refractivity (Wildman–Crippen MR) is 84.7 cm³/mol. The van der Waals surface area contributed by atoms with E-state index in [1.165, 1.54) is 11.1 Å². The van der Waals surface area contributed by atoms with Crippen LogP contribution in [0.4, 0.5) is 0 Å². The minimum absolute atomic E-state index is 0.157. The van der Waals surface area contributed by atoms with Gasteiger partial charge in [-0.3, -0.25) is 4.79 Å². The smallest absolute Gasteiger partial charge is 0.167 e. The van der Waals surface area contributed by atoms with Crippen LogP contribution in [0.25, 0.3) is 0 Å². The number of halogens is 1. The van der Waals surface area contributed by atoms with Crippen molar-refractivity contribution >= 4 is 17.4 Å². The highest BCUT2D eigenvalue weighted by Crippen LogP contribution is 2.16. The molecule has 2 aromatic carbocycles. The van der Waals surface area contributed by atoms with E-state index >= 15 is 0 Å². The molecule has 0 aliphatic rings. The Hall–Kier alpha value is -1.60. The third-order valence-electron chi connectivity index (χ3n) is 3.57. The highest BCUT2D eigenvalue weighted by Gasteiger charge is 2.09. The van der Waals surface area contributed by atoms with E-state index < -0.39 is 0 Å². The highest BCUT2D eigenvalue weighted by molar-refractivity contribution is 6.30. The molecule has 0 unspecified atom stereocenters. The average molecular weight is 287 g/mol. The lowest BCUT2D eigenvalue weighted by Crippen LogP contribution is -2.05. The average Bonchev–Trinajstić information content (AvgIpc) is 2.48. The first kappa shape index (κ1) is 14.8. The first-order valence-corrected chi connectivity index (χ1v) is 7.41. The Bertz CT molecular complexity index is 599. The van der Waals surface area contributed by atoms with Gasteiger partial charge in [0.15, 0.2) is 5.78 Å². The Labute approximate surface area is 125 Å². The topological polar surface area (TPSA) is 17.1 Å². The summed E-state index contributed by atoms with van der Waals surface area (Å²) in [7, 11) is 0. The molecule has 0 aliphatic carbocycles. The number of carbonyl (C=O) groups is 1. The minimum Gasteiger partial charge on any atom is -0.294 e. The maximum Gasteiger partial charge on any atom is 0.167 e. The lowest BCUT2D eigenvalue weighted by Gasteiger charge is -2.08. The molecule has 1 nitrogen and oxygen atoms in total. The lowest BCUT2D eigenvalue weighted by molar-refractivity contribution is 0.0993. The molecule has 0 saturated heterocycles. The summed E-state index contributed by atoms with van der Waals surface area (Å²) < 4.78 is 0. The van der Waals surface area contributed by atoms with Crippen LogP contribution in [-0.4, -0.2) is 5.78 Å². The molecule has 0 atom stereocenters. The molecule has 2 rings (SSSR count). The Morgan fingerprint density at radius 3 is 2.20 bits per heavy atom. The molecule has 20 heavy (non-hydrogen) atoms. The fraction of sp³-hybridized carbons (Fsp3) is 0.278. The minimum atomic E-state index is 0.157. The molecule has 2 aromatic rings. The fourth-order valence-electron chi connectivity index (χ4n) is 2.36. The van der Waals surface area contributed by atoms with Gasteiger partial charge >= 0.3 is 0 Å². The summed E-state index contributed by atoms with van der Waals surface area (Å²) in [6, 6.07) is 13.5. The second kappa shape index (κ2) is 6.71. The standard InChI is InChI=1S/C18H19ClO/c1-3-14-7-8-16(12-15(14)4-2)18(20)11-13-5-9-17(19)10-6-13/h5-10,12H,3-4,11H2,1-2H3. The first-order chi connectivity index (χ1) is 9.63. The molecule has 104 valence electrons. The van der Waals surface area contributed by atoms with E-state index in [2.05, 4.69) is 19.9 Å². The number of rotatable bonds is 5. The van der Waals surface area contributed by atoms with Crippen LogP contribution in [0, 0.1) is 0 Å². The number of ketones is 1. The van der Waals surface area contributed by atoms with Gasteiger partial charge in [-0.25, -0.2) is 0 Å². The molecule has 0 radical (unpaired) electrons. The summed E-state index contributed by atoms with van der Waals surface area (Å²) in [5.74, 6) is 0.157. The van der Waals surface area contributed by atoms with Crippen LogP contribution in [0.1, 0.15) is 40.9 Å². The van der Waals surface area contributed by atoms with E-state index in [0.29, 0.717) is 11.4 Å². The van der Waals surface area contributed by atoms with E-state index in [9.17, 15) is 4.79 Å². The van der Waals surface area contributed by atoms with Crippen molar-refractivity contribution in [2.24, 2.45) is 0 Å². The van der Waals surface area contributed by atoms with Crippen LogP contribution in [-0.2, 0) is 19.3 Å². The van der Waals surface area contributed by atoms with Gasteiger partial charge in [-0.15, -0.1) is 0 Å². The number of Topliss-reactive ketones (excluding diaryl/α,β-unsaturated/α-hetero) is 1. The van der Waals surface area contributed by atoms with Crippen LogP contribution in [0.3, 0.4) is 0 Å². The van der Waals surface area contributed by atoms with Crippen molar-refractivity contribution in [3.8, 4) is 0 Å². The summed E-state index contributed by atoms with van der Waals surface area (Å²) in [5, 5.41) is 0.696. The van der Waals surface area contributed by atoms with E-state index in [4.69, 9.17) is 11.6 Å². The number of aryl methyl sites for hydroxylation is 2. The van der Waals surface area contributed by atoms with Crippen LogP contribution >= 0.6 is 11.6 Å². The molecule has 0 amide bonds. The maximum atomic E-state index is 12.3. The zero-order valence-corrected chi connectivity index (χ0v) is 12.7. The fourth-order valence-corrected chi connectivity index (χ4v) is 2.49. The number of benzene rings is 2. The van der Waals surface area contributed by atoms with Crippen molar-refractivity contribution < 1.29 is 4.79 Å². The van der Waals surface area contributed by atoms with E-state index in [1.54, 1.807) is 0 Å². The molecule has 0 saturated carbocycles. The van der Waals surface area contributed by atoms with Gasteiger partial charge in [0.05, 0.1) is 0 Å². The largest absolute Gasteiger partial charge is 0.294 e. The predicted octanol–water partition coefficient (Wildman–Crippen LogP) is 4.89. The molecular formula is C18H19ClO. The number of carbonyl (C=O) groups excluding carboxylic acids is 1. The van der Waals surface area contributed by atoms with E-state index in [1.807, 2.05) is 36.4 Å². The molecule has 0 fully saturated rings. The molecule has 0 heterocycles. The van der Waals surface area contributed by atoms with E-state index in [0.717, 1.165) is 24.0 Å². The van der Waals surface area contributed by atoms with Crippen molar-refractivity contribution in [3.63, 3.8) is 0 Å². The Morgan fingerprint density at radius 2 is 1.60 bits per heavy atom. The monoisotopic (exact) mass is 286 g/mol. The van der Waals surface area contributed by atoms with Crippen LogP contribution in [0.5, 0.6) is 0 Å². The van der Waals surface area contributed by atoms with Crippen molar-refractivity contribution in [1.29, 1.82) is 0 Å². The van der Waals surface area contributed by atoms with Crippen LogP contribution in [0.2, 0.25) is 5.02 Å². The van der Waals surface area contributed by atoms with Crippen molar-refractivity contribution in [3.05, 3.63) is 69.7 Å². The second-order valence-corrected chi connectivity index (χ2v) is 5.35. The summed E-state index contributed by atoms with van der Waals surface area (Å²) in [4.78, 5) is 12.3. The first-order valence-electron chi connectivity index (χ1n) is 7.03. The summed E-state index contributed by atoms with van der Waals surface area (Å²) in [6.07, 6.45) is 2.39. The van der Waals surface area contributed by atoms with Crippen LogP contribution in [0.15, 0.2) is 42.5 Å². The zero-order valence-electron chi connectivity index (χ0n) is 11.9.